The molecule has 0 fully saturated rings. The fourth-order valence-corrected chi connectivity index (χ4v) is 2.30. The van der Waals surface area contributed by atoms with Crippen LogP contribution in [0.2, 0.25) is 0 Å². The Bertz CT molecular complexity index is 493. The van der Waals surface area contributed by atoms with E-state index in [-0.39, 0.29) is 11.5 Å². The van der Waals surface area contributed by atoms with E-state index in [1.54, 1.807) is 0 Å². The molecule has 0 bridgehead atoms. The largest absolute Gasteiger partial charge is 0.488 e. The first-order chi connectivity index (χ1) is 10.8. The Morgan fingerprint density at radius 3 is 2.52 bits per heavy atom. The maximum absolute atomic E-state index is 11.9. The summed E-state index contributed by atoms with van der Waals surface area (Å²) in [6.07, 6.45) is 4.70. The van der Waals surface area contributed by atoms with Crippen LogP contribution in [-0.4, -0.2) is 18.1 Å². The Labute approximate surface area is 140 Å². The van der Waals surface area contributed by atoms with E-state index in [1.807, 2.05) is 45.9 Å². The van der Waals surface area contributed by atoms with Gasteiger partial charge in [0, 0.05) is 18.5 Å². The molecule has 0 spiro atoms. The zero-order valence-corrected chi connectivity index (χ0v) is 15.1. The highest BCUT2D eigenvalue weighted by Crippen LogP contribution is 2.24. The van der Waals surface area contributed by atoms with E-state index in [0.29, 0.717) is 13.0 Å². The molecule has 0 aliphatic heterocycles. The molecular weight excluding hydrogens is 288 g/mol. The third-order valence-corrected chi connectivity index (χ3v) is 3.47. The van der Waals surface area contributed by atoms with Crippen LogP contribution < -0.4 is 15.8 Å². The molecule has 4 nitrogen and oxygen atoms in total. The number of rotatable bonds is 9. The monoisotopic (exact) mass is 320 g/mol. The zero-order valence-electron chi connectivity index (χ0n) is 15.1. The third kappa shape index (κ3) is 8.60. The van der Waals surface area contributed by atoms with Gasteiger partial charge in [-0.1, -0.05) is 25.0 Å². The van der Waals surface area contributed by atoms with Crippen molar-refractivity contribution < 1.29 is 9.53 Å². The summed E-state index contributed by atoms with van der Waals surface area (Å²) in [6.45, 7) is 9.36. The molecule has 0 aliphatic carbocycles. The van der Waals surface area contributed by atoms with E-state index < -0.39 is 0 Å². The minimum absolute atomic E-state index is 0.0973. The van der Waals surface area contributed by atoms with Crippen molar-refractivity contribution in [3.8, 4) is 5.75 Å². The van der Waals surface area contributed by atoms with Crippen LogP contribution in [0.15, 0.2) is 18.2 Å². The summed E-state index contributed by atoms with van der Waals surface area (Å²) in [4.78, 5) is 11.9. The minimum Gasteiger partial charge on any atom is -0.488 e. The number of ether oxygens (including phenoxy) is 1. The SMILES string of the molecule is Cc1ccc(CNC(=O)CCCCCCN)c(OC(C)(C)C)c1. The summed E-state index contributed by atoms with van der Waals surface area (Å²) in [5, 5.41) is 2.99. The van der Waals surface area contributed by atoms with Crippen molar-refractivity contribution in [3.05, 3.63) is 29.3 Å². The minimum atomic E-state index is -0.254. The highest BCUT2D eigenvalue weighted by molar-refractivity contribution is 5.75. The van der Waals surface area contributed by atoms with Gasteiger partial charge in [0.1, 0.15) is 11.4 Å². The first kappa shape index (κ1) is 19.5. The smallest absolute Gasteiger partial charge is 0.220 e. The normalized spacial score (nSPS) is 11.3. The van der Waals surface area contributed by atoms with Crippen molar-refractivity contribution in [2.45, 2.75) is 71.9 Å². The number of hydrogen-bond donors (Lipinski definition) is 2. The molecule has 0 unspecified atom stereocenters. The van der Waals surface area contributed by atoms with Gasteiger partial charge < -0.3 is 15.8 Å². The molecule has 1 amide bonds. The van der Waals surface area contributed by atoms with Gasteiger partial charge in [0.25, 0.3) is 0 Å². The molecule has 23 heavy (non-hydrogen) atoms. The fraction of sp³-hybridized carbons (Fsp3) is 0.632. The van der Waals surface area contributed by atoms with E-state index in [1.165, 1.54) is 0 Å². The zero-order chi connectivity index (χ0) is 17.3. The van der Waals surface area contributed by atoms with Crippen LogP contribution >= 0.6 is 0 Å². The number of amides is 1. The van der Waals surface area contributed by atoms with Crippen LogP contribution in [0.5, 0.6) is 5.75 Å². The molecular formula is C19H32N2O2. The topological polar surface area (TPSA) is 64.4 Å². The second-order valence-electron chi connectivity index (χ2n) is 7.06. The average molecular weight is 320 g/mol. The molecule has 0 aliphatic rings. The Balaban J connectivity index is 2.49. The summed E-state index contributed by atoms with van der Waals surface area (Å²) >= 11 is 0. The number of aryl methyl sites for hydroxylation is 1. The Morgan fingerprint density at radius 1 is 1.17 bits per heavy atom. The van der Waals surface area contributed by atoms with Crippen LogP contribution in [-0.2, 0) is 11.3 Å². The molecule has 0 radical (unpaired) electrons. The van der Waals surface area contributed by atoms with E-state index in [9.17, 15) is 4.79 Å². The van der Waals surface area contributed by atoms with Crippen molar-refractivity contribution in [2.75, 3.05) is 6.54 Å². The first-order valence-electron chi connectivity index (χ1n) is 8.57. The molecule has 0 atom stereocenters. The first-order valence-corrected chi connectivity index (χ1v) is 8.57. The molecule has 0 saturated heterocycles. The van der Waals surface area contributed by atoms with Gasteiger partial charge >= 0.3 is 0 Å². The maximum atomic E-state index is 11.9. The van der Waals surface area contributed by atoms with Crippen molar-refractivity contribution in [2.24, 2.45) is 5.73 Å². The van der Waals surface area contributed by atoms with Crippen molar-refractivity contribution in [3.63, 3.8) is 0 Å². The molecule has 1 rings (SSSR count). The number of carbonyl (C=O) groups is 1. The lowest BCUT2D eigenvalue weighted by Crippen LogP contribution is -2.26. The predicted molar refractivity (Wildman–Crippen MR) is 95.5 cm³/mol. The van der Waals surface area contributed by atoms with Crippen LogP contribution in [0.1, 0.15) is 64.0 Å². The standard InChI is InChI=1S/C19H32N2O2/c1-15-10-11-16(17(13-15)23-19(2,3)4)14-21-18(22)9-7-5-6-8-12-20/h10-11,13H,5-9,12,14,20H2,1-4H3,(H,21,22). The molecule has 3 N–H and O–H groups in total. The lowest BCUT2D eigenvalue weighted by Gasteiger charge is -2.23. The van der Waals surface area contributed by atoms with Gasteiger partial charge in [-0.2, -0.15) is 0 Å². The molecule has 1 aromatic rings. The van der Waals surface area contributed by atoms with Crippen molar-refractivity contribution in [1.29, 1.82) is 0 Å². The quantitative estimate of drug-likeness (QED) is 0.682. The van der Waals surface area contributed by atoms with Gasteiger partial charge in [0.15, 0.2) is 0 Å². The van der Waals surface area contributed by atoms with Gasteiger partial charge in [0.2, 0.25) is 5.91 Å². The highest BCUT2D eigenvalue weighted by atomic mass is 16.5. The van der Waals surface area contributed by atoms with Crippen LogP contribution in [0.3, 0.4) is 0 Å². The number of carbonyl (C=O) groups excluding carboxylic acids is 1. The number of unbranched alkanes of at least 4 members (excludes halogenated alkanes) is 3. The molecule has 0 saturated carbocycles. The summed E-state index contributed by atoms with van der Waals surface area (Å²) in [5.74, 6) is 0.945. The Hall–Kier alpha value is -1.55. The summed E-state index contributed by atoms with van der Waals surface area (Å²) in [6, 6.07) is 6.10. The molecule has 4 heteroatoms. The van der Waals surface area contributed by atoms with Gasteiger partial charge in [-0.05, 0) is 58.7 Å². The maximum Gasteiger partial charge on any atom is 0.220 e. The van der Waals surface area contributed by atoms with Gasteiger partial charge in [-0.15, -0.1) is 0 Å². The third-order valence-electron chi connectivity index (χ3n) is 3.47. The van der Waals surface area contributed by atoms with Crippen LogP contribution in [0.4, 0.5) is 0 Å². The van der Waals surface area contributed by atoms with Crippen molar-refractivity contribution >= 4 is 5.91 Å². The summed E-state index contributed by atoms with van der Waals surface area (Å²) < 4.78 is 6.01. The van der Waals surface area contributed by atoms with E-state index >= 15 is 0 Å². The van der Waals surface area contributed by atoms with E-state index in [4.69, 9.17) is 10.5 Å². The number of hydrogen-bond acceptors (Lipinski definition) is 3. The fourth-order valence-electron chi connectivity index (χ4n) is 2.30. The Morgan fingerprint density at radius 2 is 1.87 bits per heavy atom. The lowest BCUT2D eigenvalue weighted by molar-refractivity contribution is -0.121. The summed E-state index contributed by atoms with van der Waals surface area (Å²) in [7, 11) is 0. The predicted octanol–water partition coefficient (Wildman–Crippen LogP) is 3.70. The van der Waals surface area contributed by atoms with Gasteiger partial charge in [-0.25, -0.2) is 0 Å². The summed E-state index contributed by atoms with van der Waals surface area (Å²) in [5.41, 5.74) is 7.37. The molecule has 1 aromatic carbocycles. The number of nitrogens with two attached hydrogens (primary N) is 1. The van der Waals surface area contributed by atoms with Crippen LogP contribution in [0.25, 0.3) is 0 Å². The van der Waals surface area contributed by atoms with E-state index in [2.05, 4.69) is 5.32 Å². The number of benzene rings is 1. The van der Waals surface area contributed by atoms with Gasteiger partial charge in [0.05, 0.1) is 0 Å². The van der Waals surface area contributed by atoms with E-state index in [0.717, 1.165) is 49.1 Å². The van der Waals surface area contributed by atoms with Gasteiger partial charge in [-0.3, -0.25) is 4.79 Å². The second kappa shape index (κ2) is 9.56. The van der Waals surface area contributed by atoms with Crippen LogP contribution in [0, 0.1) is 6.92 Å². The molecule has 0 aromatic heterocycles. The molecule has 0 heterocycles. The second-order valence-corrected chi connectivity index (χ2v) is 7.06. The lowest BCUT2D eigenvalue weighted by atomic mass is 10.1. The molecule has 130 valence electrons. The van der Waals surface area contributed by atoms with Crippen molar-refractivity contribution in [1.82, 2.24) is 5.32 Å². The number of nitrogens with one attached hydrogen (secondary N) is 1. The highest BCUT2D eigenvalue weighted by Gasteiger charge is 2.15. The Kier molecular flexibility index (Phi) is 8.10. The average Bonchev–Trinajstić information content (AvgIpc) is 2.44.